The van der Waals surface area contributed by atoms with Gasteiger partial charge >= 0.3 is 5.97 Å². The Morgan fingerprint density at radius 1 is 1.56 bits per heavy atom. The molecule has 1 fully saturated rings. The highest BCUT2D eigenvalue weighted by Crippen LogP contribution is 2.28. The maximum absolute atomic E-state index is 11.1. The van der Waals surface area contributed by atoms with Gasteiger partial charge in [-0.25, -0.2) is 4.79 Å². The van der Waals surface area contributed by atoms with Crippen molar-refractivity contribution in [2.24, 2.45) is 0 Å². The topological polar surface area (TPSA) is 75.1 Å². The minimum atomic E-state index is -0.968. The second-order valence-corrected chi connectivity index (χ2v) is 5.60. The third-order valence-electron chi connectivity index (χ3n) is 3.25. The fraction of sp³-hybridized carbons (Fsp3) is 0.583. The number of aromatic carboxylic acids is 1. The van der Waals surface area contributed by atoms with Crippen LogP contribution >= 0.6 is 11.8 Å². The van der Waals surface area contributed by atoms with Crippen molar-refractivity contribution in [3.05, 3.63) is 17.8 Å². The van der Waals surface area contributed by atoms with Crippen LogP contribution in [0.1, 0.15) is 36.0 Å². The van der Waals surface area contributed by atoms with Gasteiger partial charge in [-0.05, 0) is 31.6 Å². The number of thioether (sulfide) groups is 1. The molecule has 0 bridgehead atoms. The molecule has 1 heterocycles. The Morgan fingerprint density at radius 3 is 3.11 bits per heavy atom. The summed E-state index contributed by atoms with van der Waals surface area (Å²) in [4.78, 5) is 11.1. The van der Waals surface area contributed by atoms with E-state index in [0.717, 1.165) is 12.8 Å². The lowest BCUT2D eigenvalue weighted by Crippen LogP contribution is -2.29. The molecule has 5 nitrogen and oxygen atoms in total. The fourth-order valence-electron chi connectivity index (χ4n) is 2.29. The molecule has 1 aromatic heterocycles. The van der Waals surface area contributed by atoms with Crippen LogP contribution in [0.5, 0.6) is 0 Å². The first-order chi connectivity index (χ1) is 8.70. The van der Waals surface area contributed by atoms with E-state index in [1.54, 1.807) is 0 Å². The van der Waals surface area contributed by atoms with E-state index < -0.39 is 5.97 Å². The highest BCUT2D eigenvalue weighted by atomic mass is 32.2. The van der Waals surface area contributed by atoms with Crippen molar-refractivity contribution in [3.8, 4) is 0 Å². The molecule has 1 aliphatic rings. The van der Waals surface area contributed by atoms with Crippen LogP contribution in [0.15, 0.2) is 12.3 Å². The van der Waals surface area contributed by atoms with Gasteiger partial charge in [-0.15, -0.1) is 5.10 Å². The van der Waals surface area contributed by atoms with Crippen molar-refractivity contribution in [3.63, 3.8) is 0 Å². The molecule has 0 aliphatic heterocycles. The van der Waals surface area contributed by atoms with Gasteiger partial charge in [0.1, 0.15) is 5.56 Å². The number of rotatable bonds is 4. The number of anilines is 1. The van der Waals surface area contributed by atoms with Gasteiger partial charge in [-0.1, -0.05) is 6.42 Å². The monoisotopic (exact) mass is 267 g/mol. The van der Waals surface area contributed by atoms with Crippen LogP contribution in [0.25, 0.3) is 0 Å². The summed E-state index contributed by atoms with van der Waals surface area (Å²) >= 11 is 1.88. The van der Waals surface area contributed by atoms with Gasteiger partial charge in [0.2, 0.25) is 0 Å². The van der Waals surface area contributed by atoms with E-state index in [9.17, 15) is 4.79 Å². The van der Waals surface area contributed by atoms with Crippen LogP contribution in [0, 0.1) is 0 Å². The Kier molecular flexibility index (Phi) is 4.41. The molecule has 1 saturated carbocycles. The summed E-state index contributed by atoms with van der Waals surface area (Å²) in [6.45, 7) is 0. The molecule has 2 N–H and O–H groups in total. The van der Waals surface area contributed by atoms with Crippen molar-refractivity contribution in [1.29, 1.82) is 0 Å². The molecule has 0 radical (unpaired) electrons. The molecule has 6 heteroatoms. The van der Waals surface area contributed by atoms with Crippen molar-refractivity contribution >= 4 is 23.5 Å². The lowest BCUT2D eigenvalue weighted by Gasteiger charge is -2.29. The van der Waals surface area contributed by atoms with Crippen LogP contribution in [0.3, 0.4) is 0 Å². The average Bonchev–Trinajstić information content (AvgIpc) is 2.39. The van der Waals surface area contributed by atoms with Gasteiger partial charge in [0.15, 0.2) is 5.82 Å². The summed E-state index contributed by atoms with van der Waals surface area (Å²) in [6, 6.07) is 1.78. The van der Waals surface area contributed by atoms with Crippen molar-refractivity contribution in [1.82, 2.24) is 10.2 Å². The average molecular weight is 267 g/mol. The van der Waals surface area contributed by atoms with E-state index >= 15 is 0 Å². The molecule has 0 aromatic carbocycles. The van der Waals surface area contributed by atoms with Gasteiger partial charge in [0.05, 0.1) is 6.20 Å². The van der Waals surface area contributed by atoms with E-state index in [1.165, 1.54) is 25.1 Å². The summed E-state index contributed by atoms with van der Waals surface area (Å²) in [5.41, 5.74) is 0.191. The SMILES string of the molecule is CSC1CCCC(Nc2nnccc2C(=O)O)C1. The zero-order valence-electron chi connectivity index (χ0n) is 10.3. The predicted octanol–water partition coefficient (Wildman–Crippen LogP) is 2.26. The Labute approximate surface area is 110 Å². The maximum Gasteiger partial charge on any atom is 0.339 e. The first-order valence-corrected chi connectivity index (χ1v) is 7.34. The molecule has 0 saturated heterocycles. The number of aromatic nitrogens is 2. The van der Waals surface area contributed by atoms with Crippen molar-refractivity contribution in [2.45, 2.75) is 37.0 Å². The van der Waals surface area contributed by atoms with E-state index in [0.29, 0.717) is 17.1 Å². The lowest BCUT2D eigenvalue weighted by molar-refractivity contribution is 0.0697. The molecule has 98 valence electrons. The zero-order valence-corrected chi connectivity index (χ0v) is 11.1. The lowest BCUT2D eigenvalue weighted by atomic mass is 9.95. The number of hydrogen-bond acceptors (Lipinski definition) is 5. The standard InChI is InChI=1S/C12H17N3O2S/c1-18-9-4-2-3-8(7-9)14-11-10(12(16)17)5-6-13-15-11/h5-6,8-9H,2-4,7H2,1H3,(H,14,15)(H,16,17). The highest BCUT2D eigenvalue weighted by molar-refractivity contribution is 7.99. The number of nitrogens with zero attached hydrogens (tertiary/aromatic N) is 2. The van der Waals surface area contributed by atoms with Gasteiger partial charge in [-0.2, -0.15) is 16.9 Å². The van der Waals surface area contributed by atoms with Crippen molar-refractivity contribution < 1.29 is 9.90 Å². The highest BCUT2D eigenvalue weighted by Gasteiger charge is 2.23. The van der Waals surface area contributed by atoms with Gasteiger partial charge in [0.25, 0.3) is 0 Å². The molecule has 2 unspecified atom stereocenters. The summed E-state index contributed by atoms with van der Waals surface area (Å²) in [5.74, 6) is -0.582. The van der Waals surface area contributed by atoms with Gasteiger partial charge in [0, 0.05) is 11.3 Å². The van der Waals surface area contributed by atoms with Crippen LogP contribution in [0.2, 0.25) is 0 Å². The van der Waals surface area contributed by atoms with Gasteiger partial charge in [-0.3, -0.25) is 0 Å². The third kappa shape index (κ3) is 3.13. The predicted molar refractivity (Wildman–Crippen MR) is 72.2 cm³/mol. The van der Waals surface area contributed by atoms with Crippen LogP contribution in [-0.4, -0.2) is 38.8 Å². The number of carbonyl (C=O) groups is 1. The molecule has 2 atom stereocenters. The molecule has 2 rings (SSSR count). The Morgan fingerprint density at radius 2 is 2.39 bits per heavy atom. The minimum absolute atomic E-state index is 0.191. The third-order valence-corrected chi connectivity index (χ3v) is 4.35. The Bertz CT molecular complexity index is 428. The molecule has 0 spiro atoms. The quantitative estimate of drug-likeness (QED) is 0.871. The number of carboxylic acids is 1. The smallest absolute Gasteiger partial charge is 0.339 e. The molecule has 18 heavy (non-hydrogen) atoms. The van der Waals surface area contributed by atoms with Crippen molar-refractivity contribution in [2.75, 3.05) is 11.6 Å². The second-order valence-electron chi connectivity index (χ2n) is 4.46. The second kappa shape index (κ2) is 6.04. The molecule has 1 aliphatic carbocycles. The maximum atomic E-state index is 11.1. The van der Waals surface area contributed by atoms with E-state index in [1.807, 2.05) is 11.8 Å². The zero-order chi connectivity index (χ0) is 13.0. The van der Waals surface area contributed by atoms with Crippen LogP contribution in [-0.2, 0) is 0 Å². The van der Waals surface area contributed by atoms with Gasteiger partial charge < -0.3 is 10.4 Å². The molecular weight excluding hydrogens is 250 g/mol. The largest absolute Gasteiger partial charge is 0.478 e. The first kappa shape index (κ1) is 13.1. The summed E-state index contributed by atoms with van der Waals surface area (Å²) < 4.78 is 0. The summed E-state index contributed by atoms with van der Waals surface area (Å²) in [7, 11) is 0. The fourth-order valence-corrected chi connectivity index (χ4v) is 3.12. The molecule has 0 amide bonds. The number of nitrogens with one attached hydrogen (secondary N) is 1. The van der Waals surface area contributed by atoms with E-state index in [2.05, 4.69) is 21.8 Å². The summed E-state index contributed by atoms with van der Waals surface area (Å²) in [5, 5.41) is 20.6. The Balaban J connectivity index is 2.07. The normalized spacial score (nSPS) is 23.6. The molecule has 1 aromatic rings. The van der Waals surface area contributed by atoms with Crippen LogP contribution < -0.4 is 5.32 Å². The minimum Gasteiger partial charge on any atom is -0.478 e. The van der Waals surface area contributed by atoms with E-state index in [-0.39, 0.29) is 5.56 Å². The van der Waals surface area contributed by atoms with Crippen LogP contribution in [0.4, 0.5) is 5.82 Å². The summed E-state index contributed by atoms with van der Waals surface area (Å²) in [6.07, 6.45) is 8.05. The number of carboxylic acid groups (broad SMARTS) is 1. The number of hydrogen-bond donors (Lipinski definition) is 2. The first-order valence-electron chi connectivity index (χ1n) is 6.05. The molecular formula is C12H17N3O2S. The Hall–Kier alpha value is -1.30. The van der Waals surface area contributed by atoms with E-state index in [4.69, 9.17) is 5.11 Å².